The van der Waals surface area contributed by atoms with Gasteiger partial charge in [0, 0.05) is 13.1 Å². The van der Waals surface area contributed by atoms with Gasteiger partial charge in [-0.15, -0.1) is 0 Å². The minimum atomic E-state index is -0.0963. The Labute approximate surface area is 104 Å². The molecule has 1 N–H and O–H groups in total. The third-order valence-corrected chi connectivity index (χ3v) is 3.40. The Morgan fingerprint density at radius 3 is 2.71 bits per heavy atom. The molecule has 0 aromatic heterocycles. The average molecular weight is 250 g/mol. The number of hydrogen-bond acceptors (Lipinski definition) is 4. The number of rotatable bonds is 4. The first kappa shape index (κ1) is 12.1. The van der Waals surface area contributed by atoms with Crippen molar-refractivity contribution in [2.75, 3.05) is 18.9 Å². The van der Waals surface area contributed by atoms with E-state index >= 15 is 0 Å². The van der Waals surface area contributed by atoms with E-state index in [2.05, 4.69) is 4.99 Å². The summed E-state index contributed by atoms with van der Waals surface area (Å²) in [6.45, 7) is 1.22. The van der Waals surface area contributed by atoms with E-state index in [1.54, 1.807) is 0 Å². The molecule has 0 saturated carbocycles. The van der Waals surface area contributed by atoms with Crippen molar-refractivity contribution in [2.45, 2.75) is 6.54 Å². The van der Waals surface area contributed by atoms with Crippen LogP contribution in [0.3, 0.4) is 0 Å². The minimum Gasteiger partial charge on any atom is -0.395 e. The third kappa shape index (κ3) is 3.31. The van der Waals surface area contributed by atoms with Crippen LogP contribution in [0.4, 0.5) is 0 Å². The van der Waals surface area contributed by atoms with Crippen molar-refractivity contribution in [1.29, 1.82) is 0 Å². The molecule has 2 rings (SSSR count). The summed E-state index contributed by atoms with van der Waals surface area (Å²) in [6, 6.07) is 9.95. The number of aliphatic hydroxyl groups is 1. The van der Waals surface area contributed by atoms with Crippen LogP contribution >= 0.6 is 11.8 Å². The lowest BCUT2D eigenvalue weighted by molar-refractivity contribution is -0.115. The summed E-state index contributed by atoms with van der Waals surface area (Å²) in [5.74, 6) is 0.312. The van der Waals surface area contributed by atoms with Crippen molar-refractivity contribution in [2.24, 2.45) is 4.99 Å². The molecule has 1 aromatic carbocycles. The van der Waals surface area contributed by atoms with Gasteiger partial charge in [-0.3, -0.25) is 4.79 Å². The summed E-state index contributed by atoms with van der Waals surface area (Å²) in [7, 11) is 0. The molecule has 1 amide bonds. The summed E-state index contributed by atoms with van der Waals surface area (Å²) in [6.07, 6.45) is 0. The summed E-state index contributed by atoms with van der Waals surface area (Å²) in [5, 5.41) is 9.77. The van der Waals surface area contributed by atoms with Crippen molar-refractivity contribution >= 4 is 22.8 Å². The van der Waals surface area contributed by atoms with Crippen LogP contribution in [0.25, 0.3) is 0 Å². The first-order chi connectivity index (χ1) is 8.29. The highest BCUT2D eigenvalue weighted by atomic mass is 32.2. The Bertz CT molecular complexity index is 420. The molecule has 1 aromatic rings. The number of amidine groups is 1. The van der Waals surface area contributed by atoms with Crippen LogP contribution in [0, 0.1) is 0 Å². The lowest BCUT2D eigenvalue weighted by Gasteiger charge is -2.22. The first-order valence-electron chi connectivity index (χ1n) is 5.43. The summed E-state index contributed by atoms with van der Waals surface area (Å²) >= 11 is 1.43. The van der Waals surface area contributed by atoms with Crippen LogP contribution < -0.4 is 0 Å². The van der Waals surface area contributed by atoms with Gasteiger partial charge in [0.05, 0.1) is 12.4 Å². The molecule has 1 aliphatic heterocycles. The second-order valence-electron chi connectivity index (χ2n) is 3.71. The topological polar surface area (TPSA) is 52.9 Å². The van der Waals surface area contributed by atoms with E-state index in [0.717, 1.165) is 5.56 Å². The number of nitrogens with zero attached hydrogens (tertiary/aromatic N) is 2. The van der Waals surface area contributed by atoms with Gasteiger partial charge in [0.1, 0.15) is 0 Å². The Morgan fingerprint density at radius 1 is 1.35 bits per heavy atom. The van der Waals surface area contributed by atoms with Crippen LogP contribution in [0.2, 0.25) is 0 Å². The molecule has 0 bridgehead atoms. The Balaban J connectivity index is 2.08. The Hall–Kier alpha value is -1.33. The van der Waals surface area contributed by atoms with Gasteiger partial charge in [0.25, 0.3) is 5.91 Å². The fourth-order valence-corrected chi connectivity index (χ4v) is 2.45. The summed E-state index contributed by atoms with van der Waals surface area (Å²) in [5.41, 5.74) is 1.14. The van der Waals surface area contributed by atoms with Crippen molar-refractivity contribution in [3.8, 4) is 0 Å². The normalized spacial score (nSPS) is 14.9. The number of hydrogen-bond donors (Lipinski definition) is 1. The molecular formula is C12H14N2O2S. The highest BCUT2D eigenvalue weighted by molar-refractivity contribution is 8.14. The maximum absolute atomic E-state index is 11.1. The molecule has 0 saturated heterocycles. The number of aliphatic hydroxyl groups excluding tert-OH is 1. The summed E-state index contributed by atoms with van der Waals surface area (Å²) < 4.78 is 0. The maximum Gasteiger partial charge on any atom is 0.258 e. The summed E-state index contributed by atoms with van der Waals surface area (Å²) in [4.78, 5) is 17.0. The van der Waals surface area contributed by atoms with E-state index in [9.17, 15) is 4.79 Å². The Morgan fingerprint density at radius 2 is 2.12 bits per heavy atom. The molecule has 5 heteroatoms. The van der Waals surface area contributed by atoms with Gasteiger partial charge in [0.2, 0.25) is 0 Å². The van der Waals surface area contributed by atoms with E-state index in [-0.39, 0.29) is 12.5 Å². The van der Waals surface area contributed by atoms with Crippen molar-refractivity contribution < 1.29 is 9.90 Å². The largest absolute Gasteiger partial charge is 0.395 e. The van der Waals surface area contributed by atoms with Crippen molar-refractivity contribution in [1.82, 2.24) is 4.90 Å². The SMILES string of the molecule is O=C1CSC(N(CCO)Cc2ccccc2)=N1. The molecule has 90 valence electrons. The van der Waals surface area contributed by atoms with Gasteiger partial charge in [-0.05, 0) is 5.56 Å². The molecule has 0 unspecified atom stereocenters. The zero-order chi connectivity index (χ0) is 12.1. The molecule has 1 aliphatic rings. The predicted molar refractivity (Wildman–Crippen MR) is 68.8 cm³/mol. The number of aliphatic imine (C=N–C) groups is 1. The third-order valence-electron chi connectivity index (χ3n) is 2.40. The van der Waals surface area contributed by atoms with Gasteiger partial charge < -0.3 is 10.0 Å². The molecule has 0 aliphatic carbocycles. The minimum absolute atomic E-state index is 0.0562. The van der Waals surface area contributed by atoms with Gasteiger partial charge in [-0.25, -0.2) is 0 Å². The monoisotopic (exact) mass is 250 g/mol. The number of carbonyl (C=O) groups is 1. The second kappa shape index (κ2) is 5.84. The molecule has 0 atom stereocenters. The smallest absolute Gasteiger partial charge is 0.258 e. The molecule has 4 nitrogen and oxygen atoms in total. The molecule has 0 radical (unpaired) electrons. The fraction of sp³-hybridized carbons (Fsp3) is 0.333. The molecule has 1 heterocycles. The van der Waals surface area contributed by atoms with Gasteiger partial charge in [0.15, 0.2) is 5.17 Å². The van der Waals surface area contributed by atoms with E-state index in [0.29, 0.717) is 24.0 Å². The van der Waals surface area contributed by atoms with E-state index < -0.39 is 0 Å². The van der Waals surface area contributed by atoms with E-state index in [4.69, 9.17) is 5.11 Å². The lowest BCUT2D eigenvalue weighted by atomic mass is 10.2. The standard InChI is InChI=1S/C12H14N2O2S/c15-7-6-14(12-13-11(16)9-17-12)8-10-4-2-1-3-5-10/h1-5,15H,6-9H2. The van der Waals surface area contributed by atoms with Crippen LogP contribution in [0.1, 0.15) is 5.56 Å². The van der Waals surface area contributed by atoms with Crippen molar-refractivity contribution in [3.05, 3.63) is 35.9 Å². The zero-order valence-electron chi connectivity index (χ0n) is 9.37. The number of thioether (sulfide) groups is 1. The quantitative estimate of drug-likeness (QED) is 0.869. The van der Waals surface area contributed by atoms with Crippen LogP contribution in [-0.4, -0.2) is 40.0 Å². The lowest BCUT2D eigenvalue weighted by Crippen LogP contribution is -2.30. The zero-order valence-corrected chi connectivity index (χ0v) is 10.2. The van der Waals surface area contributed by atoms with Crippen LogP contribution in [0.5, 0.6) is 0 Å². The first-order valence-corrected chi connectivity index (χ1v) is 6.42. The predicted octanol–water partition coefficient (Wildman–Crippen LogP) is 1.11. The average Bonchev–Trinajstić information content (AvgIpc) is 2.77. The number of amides is 1. The van der Waals surface area contributed by atoms with Gasteiger partial charge in [-0.2, -0.15) is 4.99 Å². The second-order valence-corrected chi connectivity index (χ2v) is 4.65. The van der Waals surface area contributed by atoms with Crippen molar-refractivity contribution in [3.63, 3.8) is 0 Å². The molecule has 17 heavy (non-hydrogen) atoms. The Kier molecular flexibility index (Phi) is 4.17. The van der Waals surface area contributed by atoms with Crippen LogP contribution in [-0.2, 0) is 11.3 Å². The molecular weight excluding hydrogens is 236 g/mol. The number of benzene rings is 1. The van der Waals surface area contributed by atoms with E-state index in [1.807, 2.05) is 35.2 Å². The highest BCUT2D eigenvalue weighted by Crippen LogP contribution is 2.18. The molecule has 0 spiro atoms. The van der Waals surface area contributed by atoms with Gasteiger partial charge >= 0.3 is 0 Å². The van der Waals surface area contributed by atoms with Crippen LogP contribution in [0.15, 0.2) is 35.3 Å². The molecule has 0 fully saturated rings. The van der Waals surface area contributed by atoms with Gasteiger partial charge in [-0.1, -0.05) is 42.1 Å². The highest BCUT2D eigenvalue weighted by Gasteiger charge is 2.20. The number of carbonyl (C=O) groups excluding carboxylic acids is 1. The fourth-order valence-electron chi connectivity index (χ4n) is 1.63. The maximum atomic E-state index is 11.1. The van der Waals surface area contributed by atoms with E-state index in [1.165, 1.54) is 11.8 Å².